The van der Waals surface area contributed by atoms with Gasteiger partial charge >= 0.3 is 0 Å². The molecule has 0 bridgehead atoms. The smallest absolute Gasteiger partial charge is 0.253 e. The molecule has 2 amide bonds. The lowest BCUT2D eigenvalue weighted by Crippen LogP contribution is -2.50. The molecule has 7 heteroatoms. The Morgan fingerprint density at radius 2 is 2.00 bits per heavy atom. The summed E-state index contributed by atoms with van der Waals surface area (Å²) in [5, 5.41) is 4.30. The first-order valence-electron chi connectivity index (χ1n) is 10.5. The van der Waals surface area contributed by atoms with Crippen LogP contribution in [0.25, 0.3) is 10.9 Å². The van der Waals surface area contributed by atoms with Crippen LogP contribution in [0.3, 0.4) is 0 Å². The van der Waals surface area contributed by atoms with Crippen molar-refractivity contribution >= 4 is 34.3 Å². The fourth-order valence-corrected chi connectivity index (χ4v) is 4.27. The molecular weight excluding hydrogens is 414 g/mol. The van der Waals surface area contributed by atoms with Crippen LogP contribution in [0.1, 0.15) is 28.8 Å². The minimum atomic E-state index is -0.727. The standard InChI is InChI=1S/C24H26ClN3O3/c1-28(15-17-7-6-12-31-17)24(30)22(27-23(29)19-9-2-4-10-20(19)25)13-16-14-26-21-11-5-3-8-18(16)21/h2-5,8-11,14,17,22,26H,6-7,12-13,15H2,1H3,(H,27,29). The third-order valence-electron chi connectivity index (χ3n) is 5.70. The minimum absolute atomic E-state index is 0.0435. The summed E-state index contributed by atoms with van der Waals surface area (Å²) in [4.78, 5) is 31.2. The van der Waals surface area contributed by atoms with Crippen LogP contribution in [0, 0.1) is 0 Å². The number of fused-ring (bicyclic) bond motifs is 1. The monoisotopic (exact) mass is 439 g/mol. The minimum Gasteiger partial charge on any atom is -0.376 e. The highest BCUT2D eigenvalue weighted by Crippen LogP contribution is 2.21. The van der Waals surface area contributed by atoms with Crippen molar-refractivity contribution < 1.29 is 14.3 Å². The average molecular weight is 440 g/mol. The van der Waals surface area contributed by atoms with Crippen molar-refractivity contribution in [1.82, 2.24) is 15.2 Å². The van der Waals surface area contributed by atoms with Crippen LogP contribution in [0.4, 0.5) is 0 Å². The molecule has 1 saturated heterocycles. The second-order valence-corrected chi connectivity index (χ2v) is 8.33. The quantitative estimate of drug-likeness (QED) is 0.588. The van der Waals surface area contributed by atoms with Crippen LogP contribution in [0.15, 0.2) is 54.7 Å². The Kier molecular flexibility index (Phi) is 6.59. The Morgan fingerprint density at radius 1 is 1.23 bits per heavy atom. The molecule has 2 heterocycles. The molecule has 2 aromatic carbocycles. The van der Waals surface area contributed by atoms with Crippen LogP contribution < -0.4 is 5.32 Å². The highest BCUT2D eigenvalue weighted by molar-refractivity contribution is 6.33. The molecule has 2 N–H and O–H groups in total. The summed E-state index contributed by atoms with van der Waals surface area (Å²) in [5.74, 6) is -0.518. The number of carbonyl (C=O) groups excluding carboxylic acids is 2. The molecule has 1 aromatic heterocycles. The molecule has 1 aliphatic heterocycles. The van der Waals surface area contributed by atoms with E-state index in [0.717, 1.165) is 35.9 Å². The van der Waals surface area contributed by atoms with Crippen LogP contribution >= 0.6 is 11.6 Å². The normalized spacial score (nSPS) is 16.9. The lowest BCUT2D eigenvalue weighted by molar-refractivity contribution is -0.133. The van der Waals surface area contributed by atoms with Gasteiger partial charge in [-0.3, -0.25) is 9.59 Å². The summed E-state index contributed by atoms with van der Waals surface area (Å²) in [6.45, 7) is 1.24. The second-order valence-electron chi connectivity index (χ2n) is 7.92. The van der Waals surface area contributed by atoms with E-state index in [0.29, 0.717) is 23.6 Å². The zero-order chi connectivity index (χ0) is 21.8. The SMILES string of the molecule is CN(CC1CCCO1)C(=O)C(Cc1c[nH]c2ccccc12)NC(=O)c1ccccc1Cl. The highest BCUT2D eigenvalue weighted by Gasteiger charge is 2.28. The van der Waals surface area contributed by atoms with Crippen molar-refractivity contribution in [3.63, 3.8) is 0 Å². The summed E-state index contributed by atoms with van der Waals surface area (Å²) in [6.07, 6.45) is 4.26. The average Bonchev–Trinajstić information content (AvgIpc) is 3.43. The number of nitrogens with zero attached hydrogens (tertiary/aromatic N) is 1. The number of carbonyl (C=O) groups is 2. The van der Waals surface area contributed by atoms with Gasteiger partial charge in [0.15, 0.2) is 0 Å². The summed E-state index contributed by atoms with van der Waals surface area (Å²) in [6, 6.07) is 14.0. The maximum absolute atomic E-state index is 13.4. The van der Waals surface area contributed by atoms with E-state index in [1.165, 1.54) is 0 Å². The van der Waals surface area contributed by atoms with Gasteiger partial charge in [-0.15, -0.1) is 0 Å². The molecular formula is C24H26ClN3O3. The number of likely N-dealkylation sites (N-methyl/N-ethyl adjacent to an activating group) is 1. The molecule has 2 atom stereocenters. The van der Waals surface area contributed by atoms with Gasteiger partial charge in [0.25, 0.3) is 5.91 Å². The number of benzene rings is 2. The number of nitrogens with one attached hydrogen (secondary N) is 2. The number of hydrogen-bond acceptors (Lipinski definition) is 3. The molecule has 0 aliphatic carbocycles. The first-order chi connectivity index (χ1) is 15.0. The molecule has 1 fully saturated rings. The van der Waals surface area contributed by atoms with Gasteiger partial charge in [0, 0.05) is 43.7 Å². The number of amides is 2. The van der Waals surface area contributed by atoms with Crippen molar-refractivity contribution in [1.29, 1.82) is 0 Å². The van der Waals surface area contributed by atoms with Gasteiger partial charge in [-0.1, -0.05) is 41.9 Å². The van der Waals surface area contributed by atoms with E-state index in [1.807, 2.05) is 30.5 Å². The number of hydrogen-bond donors (Lipinski definition) is 2. The molecule has 6 nitrogen and oxygen atoms in total. The van der Waals surface area contributed by atoms with Crippen molar-refractivity contribution in [2.45, 2.75) is 31.4 Å². The molecule has 3 aromatic rings. The van der Waals surface area contributed by atoms with E-state index in [2.05, 4.69) is 10.3 Å². The predicted molar refractivity (Wildman–Crippen MR) is 121 cm³/mol. The lowest BCUT2D eigenvalue weighted by atomic mass is 10.0. The van der Waals surface area contributed by atoms with Gasteiger partial charge in [0.05, 0.1) is 16.7 Å². The van der Waals surface area contributed by atoms with Crippen LogP contribution in [0.5, 0.6) is 0 Å². The van der Waals surface area contributed by atoms with Gasteiger partial charge in [0.1, 0.15) is 6.04 Å². The first kappa shape index (κ1) is 21.4. The molecule has 0 spiro atoms. The van der Waals surface area contributed by atoms with Gasteiger partial charge in [0.2, 0.25) is 5.91 Å². The van der Waals surface area contributed by atoms with Crippen LogP contribution in [-0.4, -0.2) is 54.0 Å². The molecule has 31 heavy (non-hydrogen) atoms. The number of H-pyrrole nitrogens is 1. The zero-order valence-corrected chi connectivity index (χ0v) is 18.2. The first-order valence-corrected chi connectivity index (χ1v) is 10.9. The van der Waals surface area contributed by atoms with E-state index in [9.17, 15) is 9.59 Å². The van der Waals surface area contributed by atoms with E-state index in [1.54, 1.807) is 36.2 Å². The summed E-state index contributed by atoms with van der Waals surface area (Å²) in [7, 11) is 1.76. The van der Waals surface area contributed by atoms with Crippen molar-refractivity contribution in [3.8, 4) is 0 Å². The van der Waals surface area contributed by atoms with Gasteiger partial charge in [-0.05, 0) is 36.6 Å². The maximum Gasteiger partial charge on any atom is 0.253 e. The van der Waals surface area contributed by atoms with Crippen LogP contribution in [-0.2, 0) is 16.0 Å². The Morgan fingerprint density at radius 3 is 2.77 bits per heavy atom. The zero-order valence-electron chi connectivity index (χ0n) is 17.4. The summed E-state index contributed by atoms with van der Waals surface area (Å²) < 4.78 is 5.68. The number of para-hydroxylation sites is 1. The van der Waals surface area contributed by atoms with Crippen molar-refractivity contribution in [2.24, 2.45) is 0 Å². The second kappa shape index (κ2) is 9.54. The number of rotatable bonds is 7. The van der Waals surface area contributed by atoms with Gasteiger partial charge < -0.3 is 19.9 Å². The lowest BCUT2D eigenvalue weighted by Gasteiger charge is -2.26. The van der Waals surface area contributed by atoms with E-state index >= 15 is 0 Å². The highest BCUT2D eigenvalue weighted by atomic mass is 35.5. The number of aromatic amines is 1. The fraction of sp³-hybridized carbons (Fsp3) is 0.333. The Bertz CT molecular complexity index is 1070. The number of halogens is 1. The summed E-state index contributed by atoms with van der Waals surface area (Å²) >= 11 is 6.20. The third-order valence-corrected chi connectivity index (χ3v) is 6.03. The Balaban J connectivity index is 1.57. The van der Waals surface area contributed by atoms with E-state index in [4.69, 9.17) is 16.3 Å². The molecule has 4 rings (SSSR count). The fourth-order valence-electron chi connectivity index (χ4n) is 4.05. The topological polar surface area (TPSA) is 74.4 Å². The Hall–Kier alpha value is -2.83. The van der Waals surface area contributed by atoms with Gasteiger partial charge in [-0.25, -0.2) is 0 Å². The maximum atomic E-state index is 13.4. The predicted octanol–water partition coefficient (Wildman–Crippen LogP) is 3.80. The molecule has 2 unspecified atom stereocenters. The van der Waals surface area contributed by atoms with E-state index < -0.39 is 6.04 Å². The molecule has 1 aliphatic rings. The van der Waals surface area contributed by atoms with Crippen molar-refractivity contribution in [3.05, 3.63) is 70.9 Å². The summed E-state index contributed by atoms with van der Waals surface area (Å²) in [5.41, 5.74) is 2.32. The van der Waals surface area contributed by atoms with E-state index in [-0.39, 0.29) is 17.9 Å². The Labute approximate surface area is 186 Å². The molecule has 0 saturated carbocycles. The number of ether oxygens (including phenoxy) is 1. The molecule has 162 valence electrons. The molecule has 0 radical (unpaired) electrons. The van der Waals surface area contributed by atoms with Gasteiger partial charge in [-0.2, -0.15) is 0 Å². The largest absolute Gasteiger partial charge is 0.376 e. The van der Waals surface area contributed by atoms with Crippen molar-refractivity contribution in [2.75, 3.05) is 20.2 Å². The van der Waals surface area contributed by atoms with Crippen LogP contribution in [0.2, 0.25) is 5.02 Å². The third kappa shape index (κ3) is 4.92. The number of aromatic nitrogens is 1.